The molecule has 0 saturated heterocycles. The topological polar surface area (TPSA) is 96.4 Å². The molecule has 0 aliphatic heterocycles. The Labute approximate surface area is 244 Å². The summed E-state index contributed by atoms with van der Waals surface area (Å²) in [6.45, 7) is 0. The van der Waals surface area contributed by atoms with E-state index in [2.05, 4.69) is 9.71 Å². The van der Waals surface area contributed by atoms with Crippen LogP contribution in [0.15, 0.2) is 114 Å². The fourth-order valence-corrected chi connectivity index (χ4v) is 6.11. The number of hydrogen-bond donors (Lipinski definition) is 2. The molecule has 0 spiro atoms. The lowest BCUT2D eigenvalue weighted by Gasteiger charge is -2.21. The minimum absolute atomic E-state index is 0.0640. The van der Waals surface area contributed by atoms with Gasteiger partial charge in [0.05, 0.1) is 21.7 Å². The van der Waals surface area contributed by atoms with Crippen molar-refractivity contribution in [3.05, 3.63) is 142 Å². The van der Waals surface area contributed by atoms with E-state index in [1.807, 2.05) is 66.7 Å². The molecule has 1 atom stereocenters. The second kappa shape index (κ2) is 12.5. The number of nitrogens with one attached hydrogen (secondary N) is 1. The Morgan fingerprint density at radius 3 is 2.44 bits per heavy atom. The second-order valence-corrected chi connectivity index (χ2v) is 11.7. The van der Waals surface area contributed by atoms with Gasteiger partial charge in [0.15, 0.2) is 0 Å². The average Bonchev–Trinajstić information content (AvgIpc) is 2.98. The summed E-state index contributed by atoms with van der Waals surface area (Å²) in [5.74, 6) is -1.11. The minimum atomic E-state index is -3.89. The zero-order chi connectivity index (χ0) is 28.8. The van der Waals surface area contributed by atoms with E-state index in [0.29, 0.717) is 23.4 Å². The molecule has 6 nitrogen and oxygen atoms in total. The molecule has 5 rings (SSSR count). The van der Waals surface area contributed by atoms with Crippen LogP contribution in [0.5, 0.6) is 0 Å². The van der Waals surface area contributed by atoms with Crippen LogP contribution in [0.4, 0.5) is 0 Å². The highest BCUT2D eigenvalue weighted by Gasteiger charge is 2.25. The van der Waals surface area contributed by atoms with Crippen molar-refractivity contribution in [3.8, 4) is 0 Å². The number of hydrogen-bond acceptors (Lipinski definition) is 4. The number of aromatic carboxylic acids is 1. The lowest BCUT2D eigenvalue weighted by atomic mass is 9.95. The van der Waals surface area contributed by atoms with Crippen molar-refractivity contribution in [3.63, 3.8) is 0 Å². The maximum Gasteiger partial charge on any atom is 0.336 e. The second-order valence-electron chi connectivity index (χ2n) is 9.57. The van der Waals surface area contributed by atoms with Gasteiger partial charge in [0.2, 0.25) is 10.0 Å². The van der Waals surface area contributed by atoms with Gasteiger partial charge in [0.25, 0.3) is 0 Å². The minimum Gasteiger partial charge on any atom is -0.478 e. The molecule has 4 aromatic carbocycles. The average molecular weight is 583 g/mol. The van der Waals surface area contributed by atoms with Crippen LogP contribution in [0.1, 0.15) is 45.2 Å². The summed E-state index contributed by atoms with van der Waals surface area (Å²) in [6.07, 6.45) is 4.78. The smallest absolute Gasteiger partial charge is 0.336 e. The molecule has 206 valence electrons. The molecule has 0 aliphatic carbocycles. The van der Waals surface area contributed by atoms with Crippen molar-refractivity contribution in [2.45, 2.75) is 23.8 Å². The molecule has 0 bridgehead atoms. The van der Waals surface area contributed by atoms with Crippen LogP contribution in [0.2, 0.25) is 5.02 Å². The molecule has 0 fully saturated rings. The summed E-state index contributed by atoms with van der Waals surface area (Å²) in [4.78, 5) is 16.7. The summed E-state index contributed by atoms with van der Waals surface area (Å²) in [7, 11) is -3.89. The summed E-state index contributed by atoms with van der Waals surface area (Å²) in [5, 5.41) is 11.4. The number of aryl methyl sites for hydroxylation is 1. The van der Waals surface area contributed by atoms with Crippen molar-refractivity contribution in [2.24, 2.45) is 0 Å². The van der Waals surface area contributed by atoms with Crippen LogP contribution in [-0.2, 0) is 16.4 Å². The van der Waals surface area contributed by atoms with E-state index in [1.54, 1.807) is 36.4 Å². The van der Waals surface area contributed by atoms with Gasteiger partial charge in [-0.05, 0) is 72.0 Å². The van der Waals surface area contributed by atoms with Gasteiger partial charge in [-0.2, -0.15) is 0 Å². The number of sulfonamides is 1. The molecule has 1 aromatic heterocycles. The van der Waals surface area contributed by atoms with Gasteiger partial charge in [-0.1, -0.05) is 90.5 Å². The normalized spacial score (nSPS) is 12.5. The molecular weight excluding hydrogens is 556 g/mol. The van der Waals surface area contributed by atoms with E-state index in [-0.39, 0.29) is 10.5 Å². The Morgan fingerprint density at radius 2 is 1.63 bits per heavy atom. The first-order valence-corrected chi connectivity index (χ1v) is 14.9. The Bertz CT molecular complexity index is 1840. The predicted molar refractivity (Wildman–Crippen MR) is 163 cm³/mol. The largest absolute Gasteiger partial charge is 0.478 e. The molecule has 41 heavy (non-hydrogen) atoms. The number of aromatic nitrogens is 1. The molecule has 0 radical (unpaired) electrons. The third kappa shape index (κ3) is 7.08. The molecule has 0 aliphatic rings. The number of benzene rings is 4. The van der Waals surface area contributed by atoms with E-state index in [4.69, 9.17) is 11.6 Å². The van der Waals surface area contributed by atoms with Gasteiger partial charge in [0.1, 0.15) is 0 Å². The molecule has 1 heterocycles. The number of carboxylic acid groups (broad SMARTS) is 1. The van der Waals surface area contributed by atoms with E-state index in [1.165, 1.54) is 18.2 Å². The first kappa shape index (κ1) is 28.2. The van der Waals surface area contributed by atoms with Crippen LogP contribution in [0.3, 0.4) is 0 Å². The molecule has 0 amide bonds. The van der Waals surface area contributed by atoms with Crippen molar-refractivity contribution in [1.29, 1.82) is 0 Å². The summed E-state index contributed by atoms with van der Waals surface area (Å²) < 4.78 is 29.2. The molecule has 2 N–H and O–H groups in total. The number of rotatable bonds is 10. The van der Waals surface area contributed by atoms with Crippen LogP contribution in [-0.4, -0.2) is 24.5 Å². The van der Waals surface area contributed by atoms with Crippen molar-refractivity contribution in [2.75, 3.05) is 0 Å². The SMILES string of the molecule is O=C(O)c1ccccc1C(CCc1cccc(/C=C/c2ccc3ccc(Cl)cc3n2)c1)NS(=O)(=O)c1ccccc1. The van der Waals surface area contributed by atoms with Crippen LogP contribution < -0.4 is 4.72 Å². The quantitative estimate of drug-likeness (QED) is 0.179. The van der Waals surface area contributed by atoms with Gasteiger partial charge in [-0.3, -0.25) is 0 Å². The summed E-state index contributed by atoms with van der Waals surface area (Å²) in [5.41, 5.74) is 4.04. The van der Waals surface area contributed by atoms with E-state index in [9.17, 15) is 18.3 Å². The van der Waals surface area contributed by atoms with E-state index >= 15 is 0 Å². The summed E-state index contributed by atoms with van der Waals surface area (Å²) in [6, 6.07) is 31.3. The number of pyridine rings is 1. The monoisotopic (exact) mass is 582 g/mol. The Morgan fingerprint density at radius 1 is 0.878 bits per heavy atom. The van der Waals surface area contributed by atoms with Crippen molar-refractivity contribution >= 4 is 50.6 Å². The Kier molecular flexibility index (Phi) is 8.59. The first-order chi connectivity index (χ1) is 19.8. The standard InChI is InChI=1S/C33H27ClN2O4S/c34-26-17-15-25-16-19-27(35-32(25)22-26)18-13-23-7-6-8-24(21-23)14-20-31(29-11-4-5-12-30(29)33(37)38)36-41(39,40)28-9-2-1-3-10-28/h1-13,15-19,21-22,31,36H,14,20H2,(H,37,38)/b18-13+. The highest BCUT2D eigenvalue weighted by atomic mass is 35.5. The molecular formula is C33H27ClN2O4S. The maximum atomic E-state index is 13.2. The highest BCUT2D eigenvalue weighted by Crippen LogP contribution is 2.26. The number of halogens is 1. The lowest BCUT2D eigenvalue weighted by molar-refractivity contribution is 0.0694. The lowest BCUT2D eigenvalue weighted by Crippen LogP contribution is -2.30. The van der Waals surface area contributed by atoms with Crippen molar-refractivity contribution in [1.82, 2.24) is 9.71 Å². The molecule has 8 heteroatoms. The Balaban J connectivity index is 1.37. The number of fused-ring (bicyclic) bond motifs is 1. The van der Waals surface area contributed by atoms with Crippen LogP contribution in [0, 0.1) is 0 Å². The fourth-order valence-electron chi connectivity index (χ4n) is 4.67. The fraction of sp³-hybridized carbons (Fsp3) is 0.0909. The maximum absolute atomic E-state index is 13.2. The zero-order valence-corrected chi connectivity index (χ0v) is 23.5. The predicted octanol–water partition coefficient (Wildman–Crippen LogP) is 7.41. The Hall–Kier alpha value is -4.30. The van der Waals surface area contributed by atoms with Crippen LogP contribution in [0.25, 0.3) is 23.1 Å². The zero-order valence-electron chi connectivity index (χ0n) is 21.9. The van der Waals surface area contributed by atoms with Gasteiger partial charge in [-0.15, -0.1) is 0 Å². The van der Waals surface area contributed by atoms with Crippen LogP contribution >= 0.6 is 11.6 Å². The van der Waals surface area contributed by atoms with Gasteiger partial charge < -0.3 is 5.11 Å². The van der Waals surface area contributed by atoms with Gasteiger partial charge >= 0.3 is 5.97 Å². The van der Waals surface area contributed by atoms with Gasteiger partial charge in [0, 0.05) is 16.5 Å². The first-order valence-electron chi connectivity index (χ1n) is 13.0. The third-order valence-corrected chi connectivity index (χ3v) is 8.44. The molecule has 0 saturated carbocycles. The van der Waals surface area contributed by atoms with Crippen molar-refractivity contribution < 1.29 is 18.3 Å². The van der Waals surface area contributed by atoms with E-state index in [0.717, 1.165) is 27.7 Å². The number of carboxylic acids is 1. The third-order valence-electron chi connectivity index (χ3n) is 6.71. The number of nitrogens with zero attached hydrogens (tertiary/aromatic N) is 1. The highest BCUT2D eigenvalue weighted by molar-refractivity contribution is 7.89. The van der Waals surface area contributed by atoms with E-state index < -0.39 is 22.0 Å². The summed E-state index contributed by atoms with van der Waals surface area (Å²) >= 11 is 6.12. The molecule has 1 unspecified atom stereocenters. The molecule has 5 aromatic rings. The number of carbonyl (C=O) groups is 1. The van der Waals surface area contributed by atoms with Gasteiger partial charge in [-0.25, -0.2) is 22.9 Å².